The molecule has 1 atom stereocenters. The van der Waals surface area contributed by atoms with E-state index in [2.05, 4.69) is 4.74 Å². The normalized spacial score (nSPS) is 12.0. The van der Waals surface area contributed by atoms with E-state index in [1.165, 1.54) is 12.1 Å². The maximum absolute atomic E-state index is 11.4. The number of ether oxygens (including phenoxy) is 1. The fourth-order valence-electron chi connectivity index (χ4n) is 1.05. The summed E-state index contributed by atoms with van der Waals surface area (Å²) in [5.41, 5.74) is 0.284. The third kappa shape index (κ3) is 2.88. The molecule has 0 aliphatic carbocycles. The predicted molar refractivity (Wildman–Crippen MR) is 62.1 cm³/mol. The number of esters is 1. The molecule has 0 amide bonds. The molecule has 0 N–H and O–H groups in total. The second-order valence-corrected chi connectivity index (χ2v) is 4.16. The first-order valence-corrected chi connectivity index (χ1v) is 5.37. The van der Waals surface area contributed by atoms with Crippen LogP contribution in [-0.2, 0) is 14.3 Å². The lowest BCUT2D eigenvalue weighted by atomic mass is 10.1. The molecule has 0 aromatic heterocycles. The second-order valence-electron chi connectivity index (χ2n) is 2.88. The summed E-state index contributed by atoms with van der Waals surface area (Å²) >= 11 is 17.4. The Bertz CT molecular complexity index is 431. The molecule has 0 saturated heterocycles. The molecule has 6 heteroatoms. The number of rotatable bonds is 3. The molecule has 1 rings (SSSR count). The summed E-state index contributed by atoms with van der Waals surface area (Å²) in [4.78, 5) is 22.4. The molecule has 0 saturated carbocycles. The molecule has 0 fully saturated rings. The van der Waals surface area contributed by atoms with Crippen LogP contribution in [0.3, 0.4) is 0 Å². The summed E-state index contributed by atoms with van der Waals surface area (Å²) in [5.74, 6) is -1.90. The van der Waals surface area contributed by atoms with Crippen molar-refractivity contribution < 1.29 is 14.3 Å². The molecule has 86 valence electrons. The van der Waals surface area contributed by atoms with Crippen molar-refractivity contribution in [2.24, 2.45) is 0 Å². The van der Waals surface area contributed by atoms with E-state index in [-0.39, 0.29) is 10.6 Å². The number of methoxy groups -OCH3 is 1. The molecule has 0 aliphatic rings. The van der Waals surface area contributed by atoms with Crippen LogP contribution in [0.5, 0.6) is 0 Å². The number of halogens is 3. The summed E-state index contributed by atoms with van der Waals surface area (Å²) in [6.07, 6.45) is 0. The summed E-state index contributed by atoms with van der Waals surface area (Å²) in [6.45, 7) is 0. The smallest absolute Gasteiger partial charge is 0.376 e. The molecule has 3 nitrogen and oxygen atoms in total. The van der Waals surface area contributed by atoms with E-state index < -0.39 is 17.1 Å². The Morgan fingerprint density at radius 3 is 2.50 bits per heavy atom. The quantitative estimate of drug-likeness (QED) is 0.486. The van der Waals surface area contributed by atoms with Gasteiger partial charge in [0.1, 0.15) is 5.38 Å². The first kappa shape index (κ1) is 13.3. The van der Waals surface area contributed by atoms with Gasteiger partial charge in [0.25, 0.3) is 5.78 Å². The Morgan fingerprint density at radius 1 is 1.31 bits per heavy atom. The number of carbonyl (C=O) groups excluding carboxylic acids is 2. The van der Waals surface area contributed by atoms with Gasteiger partial charge in [-0.2, -0.15) is 0 Å². The van der Waals surface area contributed by atoms with Crippen molar-refractivity contribution in [3.8, 4) is 0 Å². The van der Waals surface area contributed by atoms with Crippen LogP contribution >= 0.6 is 34.8 Å². The van der Waals surface area contributed by atoms with Gasteiger partial charge in [0.15, 0.2) is 0 Å². The highest BCUT2D eigenvalue weighted by molar-refractivity contribution is 6.48. The van der Waals surface area contributed by atoms with Crippen LogP contribution in [0.2, 0.25) is 10.0 Å². The minimum atomic E-state index is -1.20. The van der Waals surface area contributed by atoms with Crippen molar-refractivity contribution in [2.45, 2.75) is 5.38 Å². The van der Waals surface area contributed by atoms with Crippen LogP contribution in [0.25, 0.3) is 0 Å². The lowest BCUT2D eigenvalue weighted by Gasteiger charge is -2.09. The van der Waals surface area contributed by atoms with Crippen molar-refractivity contribution in [3.63, 3.8) is 0 Å². The average molecular weight is 282 g/mol. The largest absolute Gasteiger partial charge is 0.463 e. The minimum absolute atomic E-state index is 0.265. The molecule has 16 heavy (non-hydrogen) atoms. The Kier molecular flexibility index (Phi) is 4.59. The molecule has 0 aliphatic heterocycles. The van der Waals surface area contributed by atoms with Crippen molar-refractivity contribution >= 4 is 46.6 Å². The highest BCUT2D eigenvalue weighted by Crippen LogP contribution is 2.31. The molecule has 0 heterocycles. The van der Waals surface area contributed by atoms with Gasteiger partial charge in [-0.05, 0) is 23.8 Å². The minimum Gasteiger partial charge on any atom is -0.463 e. The second kappa shape index (κ2) is 5.53. The Hall–Kier alpha value is -0.770. The van der Waals surface area contributed by atoms with Gasteiger partial charge in [-0.3, -0.25) is 4.79 Å². The third-order valence-electron chi connectivity index (χ3n) is 1.85. The zero-order valence-corrected chi connectivity index (χ0v) is 10.4. The van der Waals surface area contributed by atoms with Gasteiger partial charge in [0.2, 0.25) is 0 Å². The lowest BCUT2D eigenvalue weighted by Crippen LogP contribution is -2.20. The summed E-state index contributed by atoms with van der Waals surface area (Å²) in [5, 5.41) is -0.553. The zero-order valence-electron chi connectivity index (χ0n) is 8.17. The molecule has 0 bridgehead atoms. The first-order chi connectivity index (χ1) is 7.47. The van der Waals surface area contributed by atoms with Crippen molar-refractivity contribution in [3.05, 3.63) is 33.8 Å². The number of benzene rings is 1. The van der Waals surface area contributed by atoms with Crippen LogP contribution in [0.4, 0.5) is 0 Å². The summed E-state index contributed by atoms with van der Waals surface area (Å²) in [6, 6.07) is 4.49. The Morgan fingerprint density at radius 2 is 1.94 bits per heavy atom. The first-order valence-electron chi connectivity index (χ1n) is 4.18. The van der Waals surface area contributed by atoms with Gasteiger partial charge in [-0.1, -0.05) is 23.2 Å². The molecule has 1 unspecified atom stereocenters. The van der Waals surface area contributed by atoms with E-state index in [0.29, 0.717) is 5.02 Å². The third-order valence-corrected chi connectivity index (χ3v) is 2.86. The van der Waals surface area contributed by atoms with E-state index in [9.17, 15) is 9.59 Å². The highest BCUT2D eigenvalue weighted by Gasteiger charge is 2.27. The van der Waals surface area contributed by atoms with Crippen LogP contribution in [-0.4, -0.2) is 18.9 Å². The molecule has 0 spiro atoms. The van der Waals surface area contributed by atoms with Gasteiger partial charge in [0, 0.05) is 10.0 Å². The SMILES string of the molecule is COC(=O)C(=O)C(Cl)c1cc(Cl)ccc1Cl. The van der Waals surface area contributed by atoms with Gasteiger partial charge in [-0.15, -0.1) is 11.6 Å². The molecule has 1 aromatic carbocycles. The predicted octanol–water partition coefficient (Wildman–Crippen LogP) is 3.02. The molecule has 1 aromatic rings. The summed E-state index contributed by atoms with van der Waals surface area (Å²) < 4.78 is 4.28. The number of ketones is 1. The number of Topliss-reactive ketones (excluding diaryl/α,β-unsaturated/α-hetero) is 1. The van der Waals surface area contributed by atoms with Crippen molar-refractivity contribution in [1.82, 2.24) is 0 Å². The van der Waals surface area contributed by atoms with E-state index in [4.69, 9.17) is 34.8 Å². The zero-order chi connectivity index (χ0) is 12.3. The van der Waals surface area contributed by atoms with Crippen LogP contribution in [0.1, 0.15) is 10.9 Å². The van der Waals surface area contributed by atoms with Gasteiger partial charge in [-0.25, -0.2) is 4.79 Å². The summed E-state index contributed by atoms with van der Waals surface area (Å²) in [7, 11) is 1.10. The van der Waals surface area contributed by atoms with Crippen molar-refractivity contribution in [2.75, 3.05) is 7.11 Å². The van der Waals surface area contributed by atoms with Gasteiger partial charge >= 0.3 is 5.97 Å². The number of alkyl halides is 1. The lowest BCUT2D eigenvalue weighted by molar-refractivity contribution is -0.151. The maximum atomic E-state index is 11.4. The van der Waals surface area contributed by atoms with E-state index >= 15 is 0 Å². The van der Waals surface area contributed by atoms with E-state index in [0.717, 1.165) is 7.11 Å². The maximum Gasteiger partial charge on any atom is 0.376 e. The number of hydrogen-bond acceptors (Lipinski definition) is 3. The van der Waals surface area contributed by atoms with Crippen LogP contribution in [0, 0.1) is 0 Å². The van der Waals surface area contributed by atoms with E-state index in [1.807, 2.05) is 0 Å². The number of hydrogen-bond donors (Lipinski definition) is 0. The monoisotopic (exact) mass is 280 g/mol. The fraction of sp³-hybridized carbons (Fsp3) is 0.200. The van der Waals surface area contributed by atoms with Gasteiger partial charge < -0.3 is 4.74 Å². The highest BCUT2D eigenvalue weighted by atomic mass is 35.5. The number of carbonyl (C=O) groups is 2. The fourth-order valence-corrected chi connectivity index (χ4v) is 1.79. The van der Waals surface area contributed by atoms with Crippen LogP contribution < -0.4 is 0 Å². The molecular formula is C10H7Cl3O3. The average Bonchev–Trinajstić information content (AvgIpc) is 2.29. The van der Waals surface area contributed by atoms with Crippen molar-refractivity contribution in [1.29, 1.82) is 0 Å². The Labute approximate surface area is 107 Å². The van der Waals surface area contributed by atoms with Crippen LogP contribution in [0.15, 0.2) is 18.2 Å². The molecule has 0 radical (unpaired) electrons. The standard InChI is InChI=1S/C10H7Cl3O3/c1-16-10(15)9(14)8(13)6-4-5(11)2-3-7(6)12/h2-4,8H,1H3. The Balaban J connectivity index is 3.04. The van der Waals surface area contributed by atoms with Gasteiger partial charge in [0.05, 0.1) is 7.11 Å². The molecular weight excluding hydrogens is 274 g/mol. The topological polar surface area (TPSA) is 43.4 Å². The van der Waals surface area contributed by atoms with E-state index in [1.54, 1.807) is 6.07 Å².